The number of amides is 1. The van der Waals surface area contributed by atoms with Gasteiger partial charge in [-0.15, -0.1) is 0 Å². The van der Waals surface area contributed by atoms with Gasteiger partial charge in [-0.3, -0.25) is 9.69 Å². The highest BCUT2D eigenvalue weighted by molar-refractivity contribution is 5.94. The minimum atomic E-state index is -0.0917. The smallest absolute Gasteiger partial charge is 0.241 e. The maximum Gasteiger partial charge on any atom is 0.241 e. The van der Waals surface area contributed by atoms with Crippen LogP contribution in [0.3, 0.4) is 0 Å². The van der Waals surface area contributed by atoms with Crippen molar-refractivity contribution in [2.45, 2.75) is 38.3 Å². The molecule has 0 bridgehead atoms. The standard InChI is InChI=1S/C17H28N4O/c1-4-16(21(3)15-9-11-20(2)12-10-15)17(22)19-14-7-5-13(18)6-8-14/h5-8,15-16H,4,9-12,18H2,1-3H3,(H,19,22). The second kappa shape index (κ2) is 7.61. The van der Waals surface area contributed by atoms with Crippen LogP contribution in [0.5, 0.6) is 0 Å². The van der Waals surface area contributed by atoms with Crippen molar-refractivity contribution in [2.75, 3.05) is 38.2 Å². The van der Waals surface area contributed by atoms with Gasteiger partial charge in [0.1, 0.15) is 0 Å². The number of carbonyl (C=O) groups is 1. The number of anilines is 2. The van der Waals surface area contributed by atoms with Crippen LogP contribution in [0.15, 0.2) is 24.3 Å². The predicted molar refractivity (Wildman–Crippen MR) is 91.8 cm³/mol. The summed E-state index contributed by atoms with van der Waals surface area (Å²) in [6.07, 6.45) is 3.06. The maximum atomic E-state index is 12.6. The molecule has 3 N–H and O–H groups in total. The molecule has 1 aromatic rings. The first-order valence-electron chi connectivity index (χ1n) is 8.08. The lowest BCUT2D eigenvalue weighted by Crippen LogP contribution is -2.50. The summed E-state index contributed by atoms with van der Waals surface area (Å²) in [4.78, 5) is 17.2. The summed E-state index contributed by atoms with van der Waals surface area (Å²) in [7, 11) is 4.23. The average molecular weight is 304 g/mol. The number of piperidine rings is 1. The molecule has 5 nitrogen and oxygen atoms in total. The van der Waals surface area contributed by atoms with Gasteiger partial charge in [0.25, 0.3) is 0 Å². The quantitative estimate of drug-likeness (QED) is 0.817. The first kappa shape index (κ1) is 16.8. The summed E-state index contributed by atoms with van der Waals surface area (Å²) in [6, 6.07) is 7.68. The largest absolute Gasteiger partial charge is 0.399 e. The molecule has 0 aromatic heterocycles. The lowest BCUT2D eigenvalue weighted by atomic mass is 10.0. The third-order valence-electron chi connectivity index (χ3n) is 4.62. The topological polar surface area (TPSA) is 61.6 Å². The molecule has 1 amide bonds. The van der Waals surface area contributed by atoms with Gasteiger partial charge in [0.2, 0.25) is 5.91 Å². The molecule has 0 radical (unpaired) electrons. The Morgan fingerprint density at radius 2 is 1.95 bits per heavy atom. The van der Waals surface area contributed by atoms with Gasteiger partial charge < -0.3 is 16.0 Å². The van der Waals surface area contributed by atoms with Crippen LogP contribution in [0.1, 0.15) is 26.2 Å². The highest BCUT2D eigenvalue weighted by Gasteiger charge is 2.29. The zero-order chi connectivity index (χ0) is 16.1. The zero-order valence-electron chi connectivity index (χ0n) is 13.9. The molecule has 1 aromatic carbocycles. The van der Waals surface area contributed by atoms with Crippen molar-refractivity contribution in [1.29, 1.82) is 0 Å². The van der Waals surface area contributed by atoms with Crippen molar-refractivity contribution in [1.82, 2.24) is 9.80 Å². The van der Waals surface area contributed by atoms with Crippen LogP contribution < -0.4 is 11.1 Å². The van der Waals surface area contributed by atoms with E-state index in [-0.39, 0.29) is 11.9 Å². The first-order valence-corrected chi connectivity index (χ1v) is 8.08. The number of hydrogen-bond donors (Lipinski definition) is 2. The number of nitrogen functional groups attached to an aromatic ring is 1. The number of nitrogens with two attached hydrogens (primary N) is 1. The maximum absolute atomic E-state index is 12.6. The van der Waals surface area contributed by atoms with Gasteiger partial charge >= 0.3 is 0 Å². The normalized spacial score (nSPS) is 18.4. The summed E-state index contributed by atoms with van der Waals surface area (Å²) in [5, 5.41) is 3.00. The molecule has 0 saturated carbocycles. The van der Waals surface area contributed by atoms with E-state index in [0.717, 1.165) is 38.0 Å². The van der Waals surface area contributed by atoms with E-state index in [2.05, 4.69) is 36.1 Å². The van der Waals surface area contributed by atoms with Crippen LogP contribution in [-0.4, -0.2) is 55.0 Å². The Morgan fingerprint density at radius 1 is 1.36 bits per heavy atom. The van der Waals surface area contributed by atoms with Gasteiger partial charge in [-0.05, 0) is 70.7 Å². The van der Waals surface area contributed by atoms with Crippen molar-refractivity contribution in [3.05, 3.63) is 24.3 Å². The van der Waals surface area contributed by atoms with Gasteiger partial charge in [-0.2, -0.15) is 0 Å². The van der Waals surface area contributed by atoms with Crippen molar-refractivity contribution >= 4 is 17.3 Å². The minimum absolute atomic E-state index is 0.0636. The lowest BCUT2D eigenvalue weighted by molar-refractivity contribution is -0.122. The first-order chi connectivity index (χ1) is 10.5. The number of likely N-dealkylation sites (N-methyl/N-ethyl adjacent to an activating group) is 1. The molecule has 1 unspecified atom stereocenters. The number of likely N-dealkylation sites (tertiary alicyclic amines) is 1. The van der Waals surface area contributed by atoms with Crippen LogP contribution in [0.2, 0.25) is 0 Å². The number of hydrogen-bond acceptors (Lipinski definition) is 4. The molecule has 0 aliphatic carbocycles. The Kier molecular flexibility index (Phi) is 5.80. The molecule has 1 saturated heterocycles. The van der Waals surface area contributed by atoms with Gasteiger partial charge in [0.05, 0.1) is 6.04 Å². The fourth-order valence-corrected chi connectivity index (χ4v) is 3.11. The Bertz CT molecular complexity index is 480. The molecule has 1 fully saturated rings. The van der Waals surface area contributed by atoms with Crippen LogP contribution in [0, 0.1) is 0 Å². The molecule has 122 valence electrons. The van der Waals surface area contributed by atoms with Crippen LogP contribution >= 0.6 is 0 Å². The highest BCUT2D eigenvalue weighted by Crippen LogP contribution is 2.19. The molecule has 1 heterocycles. The summed E-state index contributed by atoms with van der Waals surface area (Å²) in [5.74, 6) is 0.0636. The number of carbonyl (C=O) groups excluding carboxylic acids is 1. The van der Waals surface area contributed by atoms with Crippen LogP contribution in [0.25, 0.3) is 0 Å². The zero-order valence-corrected chi connectivity index (χ0v) is 13.9. The average Bonchev–Trinajstić information content (AvgIpc) is 2.51. The van der Waals surface area contributed by atoms with Crippen molar-refractivity contribution in [2.24, 2.45) is 0 Å². The Labute approximate surface area is 133 Å². The minimum Gasteiger partial charge on any atom is -0.399 e. The molecule has 5 heteroatoms. The van der Waals surface area contributed by atoms with E-state index in [1.807, 2.05) is 12.1 Å². The third kappa shape index (κ3) is 4.21. The van der Waals surface area contributed by atoms with E-state index in [4.69, 9.17) is 5.73 Å². The Balaban J connectivity index is 1.97. The monoisotopic (exact) mass is 304 g/mol. The summed E-state index contributed by atoms with van der Waals surface area (Å²) in [5.41, 5.74) is 7.18. The van der Waals surface area contributed by atoms with Crippen molar-refractivity contribution in [3.8, 4) is 0 Å². The van der Waals surface area contributed by atoms with E-state index in [0.29, 0.717) is 11.7 Å². The summed E-state index contributed by atoms with van der Waals surface area (Å²) in [6.45, 7) is 4.27. The molecule has 1 aliphatic heterocycles. The molecule has 2 rings (SSSR count). The van der Waals surface area contributed by atoms with Crippen molar-refractivity contribution in [3.63, 3.8) is 0 Å². The fourth-order valence-electron chi connectivity index (χ4n) is 3.11. The number of nitrogens with one attached hydrogen (secondary N) is 1. The molecule has 1 aliphatic rings. The van der Waals surface area contributed by atoms with E-state index < -0.39 is 0 Å². The molecule has 0 spiro atoms. The second-order valence-corrected chi connectivity index (χ2v) is 6.24. The lowest BCUT2D eigenvalue weighted by Gasteiger charge is -2.38. The molecular formula is C17H28N4O. The number of benzene rings is 1. The predicted octanol–water partition coefficient (Wildman–Crippen LogP) is 2.01. The molecule has 22 heavy (non-hydrogen) atoms. The number of nitrogens with zero attached hydrogens (tertiary/aromatic N) is 2. The van der Waals surface area contributed by atoms with E-state index >= 15 is 0 Å². The second-order valence-electron chi connectivity index (χ2n) is 6.24. The Morgan fingerprint density at radius 3 is 2.50 bits per heavy atom. The summed E-state index contributed by atoms with van der Waals surface area (Å²) >= 11 is 0. The fraction of sp³-hybridized carbons (Fsp3) is 0.588. The number of rotatable bonds is 5. The van der Waals surface area contributed by atoms with Gasteiger partial charge in [-0.25, -0.2) is 0 Å². The highest BCUT2D eigenvalue weighted by atomic mass is 16.2. The van der Waals surface area contributed by atoms with Gasteiger partial charge in [0.15, 0.2) is 0 Å². The van der Waals surface area contributed by atoms with E-state index in [1.165, 1.54) is 0 Å². The van der Waals surface area contributed by atoms with Gasteiger partial charge in [0, 0.05) is 17.4 Å². The Hall–Kier alpha value is -1.59. The third-order valence-corrected chi connectivity index (χ3v) is 4.62. The SMILES string of the molecule is CCC(C(=O)Nc1ccc(N)cc1)N(C)C1CCN(C)CC1. The van der Waals surface area contributed by atoms with Crippen LogP contribution in [0.4, 0.5) is 11.4 Å². The molecular weight excluding hydrogens is 276 g/mol. The molecule has 1 atom stereocenters. The van der Waals surface area contributed by atoms with Gasteiger partial charge in [-0.1, -0.05) is 6.92 Å². The van der Waals surface area contributed by atoms with E-state index in [9.17, 15) is 4.79 Å². The summed E-state index contributed by atoms with van der Waals surface area (Å²) < 4.78 is 0. The van der Waals surface area contributed by atoms with Crippen molar-refractivity contribution < 1.29 is 4.79 Å². The van der Waals surface area contributed by atoms with E-state index in [1.54, 1.807) is 12.1 Å². The van der Waals surface area contributed by atoms with Crippen LogP contribution in [-0.2, 0) is 4.79 Å².